The van der Waals surface area contributed by atoms with Crippen LogP contribution < -0.4 is 14.8 Å². The number of alkyl halides is 12. The van der Waals surface area contributed by atoms with Gasteiger partial charge in [-0.25, -0.2) is 8.78 Å². The highest BCUT2D eigenvalue weighted by Crippen LogP contribution is 2.58. The van der Waals surface area contributed by atoms with E-state index < -0.39 is 54.9 Å². The van der Waals surface area contributed by atoms with Gasteiger partial charge in [-0.15, -0.1) is 0 Å². The van der Waals surface area contributed by atoms with Crippen molar-refractivity contribution in [3.8, 4) is 11.5 Å². The highest BCUT2D eigenvalue weighted by molar-refractivity contribution is 5.84. The van der Waals surface area contributed by atoms with Crippen molar-refractivity contribution in [1.29, 1.82) is 0 Å². The summed E-state index contributed by atoms with van der Waals surface area (Å²) >= 11 is 0. The fourth-order valence-electron chi connectivity index (χ4n) is 2.35. The van der Waals surface area contributed by atoms with Crippen LogP contribution in [0.4, 0.5) is 52.7 Å². The molecule has 0 aliphatic rings. The normalized spacial score (nSPS) is 13.8. The Morgan fingerprint density at radius 2 is 1.36 bits per heavy atom. The summed E-state index contributed by atoms with van der Waals surface area (Å²) in [6, 6.07) is 3.89. The third-order valence-corrected chi connectivity index (χ3v) is 4.31. The molecule has 0 radical (unpaired) electrons. The van der Waals surface area contributed by atoms with E-state index in [-0.39, 0.29) is 17.1 Å². The fraction of sp³-hybridized carbons (Fsp3) is 0.588. The monoisotopic (exact) mass is 509 g/mol. The molecule has 0 spiro atoms. The van der Waals surface area contributed by atoms with Crippen molar-refractivity contribution in [3.05, 3.63) is 23.8 Å². The molecule has 0 aromatic heterocycles. The van der Waals surface area contributed by atoms with Crippen molar-refractivity contribution in [2.75, 3.05) is 20.8 Å². The lowest BCUT2D eigenvalue weighted by atomic mass is 9.94. The van der Waals surface area contributed by atoms with E-state index in [4.69, 9.17) is 9.47 Å². The molecule has 1 N–H and O–H groups in total. The van der Waals surface area contributed by atoms with Gasteiger partial charge in [-0.1, -0.05) is 6.07 Å². The summed E-state index contributed by atoms with van der Waals surface area (Å²) in [5.41, 5.74) is 0.219. The van der Waals surface area contributed by atoms with Gasteiger partial charge in [0.15, 0.2) is 11.5 Å². The zero-order chi connectivity index (χ0) is 26.0. The Morgan fingerprint density at radius 3 is 1.82 bits per heavy atom. The van der Waals surface area contributed by atoms with E-state index in [9.17, 15) is 57.5 Å². The largest absolute Gasteiger partial charge is 0.493 e. The van der Waals surface area contributed by atoms with Crippen LogP contribution in [0.25, 0.3) is 0 Å². The summed E-state index contributed by atoms with van der Waals surface area (Å²) in [5.74, 6) is -39.6. The molecule has 0 saturated carbocycles. The predicted octanol–water partition coefficient (Wildman–Crippen LogP) is 4.80. The van der Waals surface area contributed by atoms with Gasteiger partial charge in [0, 0.05) is 6.54 Å². The number of amides is 1. The first-order valence-electron chi connectivity index (χ1n) is 8.49. The summed E-state index contributed by atoms with van der Waals surface area (Å²) in [7, 11) is 2.50. The lowest BCUT2D eigenvalue weighted by Gasteiger charge is -2.38. The molecular weight excluding hydrogens is 494 g/mol. The maximum absolute atomic E-state index is 13.7. The molecule has 1 amide bonds. The minimum atomic E-state index is -7.76. The van der Waals surface area contributed by atoms with Gasteiger partial charge in [0.2, 0.25) is 0 Å². The van der Waals surface area contributed by atoms with E-state index in [2.05, 4.69) is 0 Å². The van der Waals surface area contributed by atoms with Crippen molar-refractivity contribution in [2.24, 2.45) is 0 Å². The van der Waals surface area contributed by atoms with Crippen LogP contribution in [-0.2, 0) is 11.2 Å². The lowest BCUT2D eigenvalue weighted by molar-refractivity contribution is -0.407. The molecule has 1 aromatic rings. The van der Waals surface area contributed by atoms with Crippen LogP contribution in [0.2, 0.25) is 0 Å². The van der Waals surface area contributed by atoms with Gasteiger partial charge in [-0.05, 0) is 24.1 Å². The molecule has 0 atom stereocenters. The molecule has 0 saturated heterocycles. The second-order valence-corrected chi connectivity index (χ2v) is 6.42. The Kier molecular flexibility index (Phi) is 8.08. The first-order chi connectivity index (χ1) is 14.8. The van der Waals surface area contributed by atoms with E-state index in [1.165, 1.54) is 32.4 Å². The first-order valence-corrected chi connectivity index (χ1v) is 8.49. The number of methoxy groups -OCH3 is 2. The first kappa shape index (κ1) is 28.5. The average Bonchev–Trinajstić information content (AvgIpc) is 2.72. The molecule has 0 unspecified atom stereocenters. The van der Waals surface area contributed by atoms with E-state index in [1.807, 2.05) is 0 Å². The van der Waals surface area contributed by atoms with Crippen LogP contribution in [0.1, 0.15) is 5.56 Å². The maximum Gasteiger partial charge on any atom is 0.392 e. The molecule has 33 heavy (non-hydrogen) atoms. The maximum atomic E-state index is 13.7. The van der Waals surface area contributed by atoms with Crippen molar-refractivity contribution >= 4 is 5.91 Å². The number of hydrogen-bond acceptors (Lipinski definition) is 3. The van der Waals surface area contributed by atoms with Gasteiger partial charge in [-0.3, -0.25) is 4.79 Å². The van der Waals surface area contributed by atoms with Crippen molar-refractivity contribution in [1.82, 2.24) is 5.32 Å². The van der Waals surface area contributed by atoms with Gasteiger partial charge in [0.25, 0.3) is 5.91 Å². The molecule has 1 aromatic carbocycles. The smallest absolute Gasteiger partial charge is 0.392 e. The number of benzene rings is 1. The molecule has 0 heterocycles. The highest BCUT2D eigenvalue weighted by atomic mass is 19.4. The summed E-state index contributed by atoms with van der Waals surface area (Å²) in [4.78, 5) is 11.4. The van der Waals surface area contributed by atoms with E-state index in [1.54, 1.807) is 0 Å². The zero-order valence-electron chi connectivity index (χ0n) is 16.5. The SMILES string of the molecule is COc1ccc(CCNC(=O)C(F)(F)C(F)(F)C(F)(F)C(F)(F)C(F)(F)C(F)F)cc1OC. The Hall–Kier alpha value is -2.55. The predicted molar refractivity (Wildman–Crippen MR) is 87.0 cm³/mol. The minimum absolute atomic E-state index is 0.125. The van der Waals surface area contributed by atoms with Gasteiger partial charge in [0.1, 0.15) is 0 Å². The molecule has 190 valence electrons. The van der Waals surface area contributed by atoms with Crippen molar-refractivity contribution in [2.45, 2.75) is 42.5 Å². The number of ether oxygens (including phenoxy) is 2. The number of halogens is 12. The Morgan fingerprint density at radius 1 is 0.848 bits per heavy atom. The van der Waals surface area contributed by atoms with Gasteiger partial charge in [-0.2, -0.15) is 43.9 Å². The lowest BCUT2D eigenvalue weighted by Crippen LogP contribution is -2.70. The molecule has 0 aliphatic heterocycles. The molecule has 0 fully saturated rings. The Labute approximate surface area is 177 Å². The quantitative estimate of drug-likeness (QED) is 0.436. The molecule has 1 rings (SSSR count). The number of nitrogens with one attached hydrogen (secondary N) is 1. The van der Waals surface area contributed by atoms with Crippen LogP contribution in [0.15, 0.2) is 18.2 Å². The number of carbonyl (C=O) groups excluding carboxylic acids is 1. The number of rotatable bonds is 11. The fourth-order valence-corrected chi connectivity index (χ4v) is 2.35. The van der Waals surface area contributed by atoms with E-state index in [0.29, 0.717) is 0 Å². The standard InChI is InChI=1S/C17H15F12NO3/c1-32-9-4-3-8(7-10(9)33-2)5-6-30-12(31)14(22,23)16(26,27)17(28,29)15(24,25)13(20,21)11(18)19/h3-4,7,11H,5-6H2,1-2H3,(H,30,31). The Bertz CT molecular complexity index is 845. The third kappa shape index (κ3) is 4.74. The van der Waals surface area contributed by atoms with Crippen LogP contribution in [0, 0.1) is 0 Å². The van der Waals surface area contributed by atoms with Gasteiger partial charge >= 0.3 is 36.0 Å². The van der Waals surface area contributed by atoms with Crippen LogP contribution in [0.5, 0.6) is 11.5 Å². The Balaban J connectivity index is 3.06. The number of carbonyl (C=O) groups is 1. The number of hydrogen-bond donors (Lipinski definition) is 1. The molecule has 0 bridgehead atoms. The van der Waals surface area contributed by atoms with Crippen LogP contribution in [-0.4, -0.2) is 62.7 Å². The van der Waals surface area contributed by atoms with Crippen molar-refractivity contribution in [3.63, 3.8) is 0 Å². The van der Waals surface area contributed by atoms with Crippen LogP contribution in [0.3, 0.4) is 0 Å². The second-order valence-electron chi connectivity index (χ2n) is 6.42. The molecule has 16 heteroatoms. The van der Waals surface area contributed by atoms with E-state index >= 15 is 0 Å². The summed E-state index contributed by atoms with van der Waals surface area (Å²) < 4.78 is 167. The molecular formula is C17H15F12NO3. The average molecular weight is 509 g/mol. The molecule has 0 aliphatic carbocycles. The van der Waals surface area contributed by atoms with Crippen LogP contribution >= 0.6 is 0 Å². The van der Waals surface area contributed by atoms with Gasteiger partial charge < -0.3 is 14.8 Å². The topological polar surface area (TPSA) is 47.6 Å². The highest BCUT2D eigenvalue weighted by Gasteiger charge is 2.89. The van der Waals surface area contributed by atoms with E-state index in [0.717, 1.165) is 5.32 Å². The summed E-state index contributed by atoms with van der Waals surface area (Å²) in [5, 5.41) is 1.07. The molecule has 4 nitrogen and oxygen atoms in total. The zero-order valence-corrected chi connectivity index (χ0v) is 16.5. The third-order valence-electron chi connectivity index (χ3n) is 4.31. The summed E-state index contributed by atoms with van der Waals surface area (Å²) in [6.07, 6.45) is -6.01. The van der Waals surface area contributed by atoms with Gasteiger partial charge in [0.05, 0.1) is 14.2 Å². The van der Waals surface area contributed by atoms with Crippen molar-refractivity contribution < 1.29 is 67.0 Å². The summed E-state index contributed by atoms with van der Waals surface area (Å²) in [6.45, 7) is -0.935. The second kappa shape index (κ2) is 9.37. The minimum Gasteiger partial charge on any atom is -0.493 e.